The summed E-state index contributed by atoms with van der Waals surface area (Å²) in [6.07, 6.45) is -4.31. The number of benzene rings is 1. The molecule has 1 fully saturated rings. The van der Waals surface area contributed by atoms with Gasteiger partial charge in [-0.1, -0.05) is 0 Å². The molecule has 1 saturated heterocycles. The molecule has 0 radical (unpaired) electrons. The Morgan fingerprint density at radius 1 is 1.29 bits per heavy atom. The van der Waals surface area contributed by atoms with Gasteiger partial charge >= 0.3 is 5.63 Å². The molecule has 4 atom stereocenters. The fraction of sp³-hybridized carbons (Fsp3) is 0.438. The molecular weight excluding hydrogens is 320 g/mol. The van der Waals surface area contributed by atoms with E-state index >= 15 is 0 Å². The van der Waals surface area contributed by atoms with Gasteiger partial charge < -0.3 is 34.3 Å². The van der Waals surface area contributed by atoms with Gasteiger partial charge in [-0.25, -0.2) is 4.79 Å². The third-order valence-corrected chi connectivity index (χ3v) is 4.00. The summed E-state index contributed by atoms with van der Waals surface area (Å²) in [5.41, 5.74) is 0.351. The summed E-state index contributed by atoms with van der Waals surface area (Å²) in [5.74, 6) is -0.189. The topological polar surface area (TPSA) is 130 Å². The molecule has 8 nitrogen and oxygen atoms in total. The fourth-order valence-corrected chi connectivity index (χ4v) is 2.71. The highest BCUT2D eigenvalue weighted by molar-refractivity contribution is 5.83. The molecule has 1 aromatic carbocycles. The maximum atomic E-state index is 11.4. The van der Waals surface area contributed by atoms with E-state index in [0.717, 1.165) is 0 Å². The number of aryl methyl sites for hydroxylation is 1. The van der Waals surface area contributed by atoms with Crippen molar-refractivity contribution in [2.45, 2.75) is 37.9 Å². The molecule has 0 bridgehead atoms. The summed E-state index contributed by atoms with van der Waals surface area (Å²) in [4.78, 5) is 11.4. The smallest absolute Gasteiger partial charge is 0.336 e. The predicted octanol–water partition coefficient (Wildman–Crippen LogP) is 0.0149. The monoisotopic (exact) mass is 338 g/mol. The van der Waals surface area contributed by atoms with Crippen LogP contribution in [0.25, 0.3) is 11.0 Å². The van der Waals surface area contributed by atoms with Crippen LogP contribution in [0.15, 0.2) is 27.4 Å². The zero-order chi connectivity index (χ0) is 17.4. The fourth-order valence-electron chi connectivity index (χ4n) is 2.71. The third kappa shape index (κ3) is 3.09. The van der Waals surface area contributed by atoms with E-state index in [-0.39, 0.29) is 23.5 Å². The van der Waals surface area contributed by atoms with Gasteiger partial charge in [0.15, 0.2) is 11.5 Å². The van der Waals surface area contributed by atoms with Gasteiger partial charge in [0.05, 0.1) is 12.7 Å². The number of ether oxygens (including phenoxy) is 2. The molecule has 130 valence electrons. The second kappa shape index (κ2) is 6.40. The zero-order valence-corrected chi connectivity index (χ0v) is 12.9. The Morgan fingerprint density at radius 2 is 2.04 bits per heavy atom. The molecule has 1 aromatic heterocycles. The van der Waals surface area contributed by atoms with Crippen molar-refractivity contribution in [3.05, 3.63) is 34.2 Å². The number of phenolic OH excluding ortho intramolecular Hbond substituents is 1. The predicted molar refractivity (Wildman–Crippen MR) is 81.9 cm³/mol. The zero-order valence-electron chi connectivity index (χ0n) is 12.9. The lowest BCUT2D eigenvalue weighted by Gasteiger charge is -2.36. The summed E-state index contributed by atoms with van der Waals surface area (Å²) >= 11 is 0. The van der Waals surface area contributed by atoms with E-state index in [2.05, 4.69) is 0 Å². The van der Waals surface area contributed by atoms with Gasteiger partial charge in [-0.05, 0) is 18.6 Å². The van der Waals surface area contributed by atoms with Gasteiger partial charge in [0, 0.05) is 23.9 Å². The minimum Gasteiger partial charge on any atom is -0.504 e. The Hall–Kier alpha value is -2.13. The largest absolute Gasteiger partial charge is 0.504 e. The molecule has 2 heterocycles. The van der Waals surface area contributed by atoms with Crippen LogP contribution in [0.1, 0.15) is 12.0 Å². The Morgan fingerprint density at radius 3 is 2.75 bits per heavy atom. The Balaban J connectivity index is 1.90. The summed E-state index contributed by atoms with van der Waals surface area (Å²) in [6.45, 7) is 1.24. The van der Waals surface area contributed by atoms with Crippen LogP contribution in [0.3, 0.4) is 0 Å². The molecule has 0 unspecified atom stereocenters. The van der Waals surface area contributed by atoms with E-state index in [1.54, 1.807) is 6.92 Å². The van der Waals surface area contributed by atoms with Crippen LogP contribution >= 0.6 is 0 Å². The molecule has 24 heavy (non-hydrogen) atoms. The van der Waals surface area contributed by atoms with Crippen molar-refractivity contribution >= 4 is 11.0 Å². The van der Waals surface area contributed by atoms with Crippen molar-refractivity contribution in [3.63, 3.8) is 0 Å². The SMILES string of the molecule is Cc1cc(=O)oc2cc(O)c(O[C@H]3C[C@@H](O)[C@H](O)[C@@H](CO)O3)cc12. The molecular formula is C16H18O8. The number of fused-ring (bicyclic) bond motifs is 1. The molecule has 8 heteroatoms. The van der Waals surface area contributed by atoms with E-state index in [0.29, 0.717) is 10.9 Å². The van der Waals surface area contributed by atoms with E-state index in [1.165, 1.54) is 18.2 Å². The van der Waals surface area contributed by atoms with Crippen LogP contribution in [0.2, 0.25) is 0 Å². The summed E-state index contributed by atoms with van der Waals surface area (Å²) in [5, 5.41) is 39.3. The van der Waals surface area contributed by atoms with Crippen LogP contribution in [-0.2, 0) is 4.74 Å². The molecule has 1 aliphatic rings. The second-order valence-corrected chi connectivity index (χ2v) is 5.76. The van der Waals surface area contributed by atoms with Gasteiger partial charge in [0.1, 0.15) is 17.8 Å². The highest BCUT2D eigenvalue weighted by Crippen LogP contribution is 2.34. The first-order chi connectivity index (χ1) is 11.4. The van der Waals surface area contributed by atoms with Crippen molar-refractivity contribution in [2.75, 3.05) is 6.61 Å². The standard InChI is InChI=1S/C16H18O8/c1-7-2-14(20)22-11-4-9(18)12(3-8(7)11)23-15-5-10(19)16(21)13(6-17)24-15/h2-4,10,13,15-19,21H,5-6H2,1H3/t10-,13-,15-,16+/m1/s1. The van der Waals surface area contributed by atoms with Crippen molar-refractivity contribution in [1.82, 2.24) is 0 Å². The summed E-state index contributed by atoms with van der Waals surface area (Å²) in [6, 6.07) is 4.08. The van der Waals surface area contributed by atoms with Crippen LogP contribution in [-0.4, -0.2) is 51.6 Å². The van der Waals surface area contributed by atoms with Gasteiger partial charge in [0.25, 0.3) is 0 Å². The van der Waals surface area contributed by atoms with Crippen LogP contribution in [0, 0.1) is 6.92 Å². The molecule has 0 amide bonds. The lowest BCUT2D eigenvalue weighted by atomic mass is 10.0. The first kappa shape index (κ1) is 16.7. The summed E-state index contributed by atoms with van der Waals surface area (Å²) in [7, 11) is 0. The lowest BCUT2D eigenvalue weighted by Crippen LogP contribution is -2.51. The molecule has 1 aliphatic heterocycles. The second-order valence-electron chi connectivity index (χ2n) is 5.76. The van der Waals surface area contributed by atoms with E-state index < -0.39 is 36.8 Å². The molecule has 3 rings (SSSR count). The molecule has 0 saturated carbocycles. The highest BCUT2D eigenvalue weighted by atomic mass is 16.7. The Kier molecular flexibility index (Phi) is 4.46. The average molecular weight is 338 g/mol. The first-order valence-corrected chi connectivity index (χ1v) is 7.45. The van der Waals surface area contributed by atoms with Crippen molar-refractivity contribution in [2.24, 2.45) is 0 Å². The van der Waals surface area contributed by atoms with E-state index in [9.17, 15) is 25.2 Å². The van der Waals surface area contributed by atoms with E-state index in [4.69, 9.17) is 13.9 Å². The van der Waals surface area contributed by atoms with Gasteiger partial charge in [-0.15, -0.1) is 0 Å². The Bertz CT molecular complexity index is 798. The van der Waals surface area contributed by atoms with Gasteiger partial charge in [-0.3, -0.25) is 0 Å². The van der Waals surface area contributed by atoms with Crippen LogP contribution in [0.5, 0.6) is 11.5 Å². The molecule has 2 aromatic rings. The molecule has 0 aliphatic carbocycles. The number of hydrogen-bond acceptors (Lipinski definition) is 8. The number of rotatable bonds is 3. The average Bonchev–Trinajstić information content (AvgIpc) is 2.52. The third-order valence-electron chi connectivity index (χ3n) is 4.00. The molecule has 4 N–H and O–H groups in total. The first-order valence-electron chi connectivity index (χ1n) is 7.45. The number of phenols is 1. The minimum absolute atomic E-state index is 0.0298. The minimum atomic E-state index is -1.21. The number of aliphatic hydroxyl groups is 3. The number of aromatic hydroxyl groups is 1. The summed E-state index contributed by atoms with van der Waals surface area (Å²) < 4.78 is 16.0. The quantitative estimate of drug-likeness (QED) is 0.576. The van der Waals surface area contributed by atoms with Crippen LogP contribution in [0.4, 0.5) is 0 Å². The number of aliphatic hydroxyl groups excluding tert-OH is 3. The maximum Gasteiger partial charge on any atom is 0.336 e. The van der Waals surface area contributed by atoms with Gasteiger partial charge in [-0.2, -0.15) is 0 Å². The maximum absolute atomic E-state index is 11.4. The van der Waals surface area contributed by atoms with E-state index in [1.807, 2.05) is 0 Å². The van der Waals surface area contributed by atoms with Crippen molar-refractivity contribution in [1.29, 1.82) is 0 Å². The van der Waals surface area contributed by atoms with Crippen molar-refractivity contribution in [3.8, 4) is 11.5 Å². The van der Waals surface area contributed by atoms with Gasteiger partial charge in [0.2, 0.25) is 6.29 Å². The van der Waals surface area contributed by atoms with Crippen molar-refractivity contribution < 1.29 is 34.3 Å². The molecule has 0 spiro atoms. The van der Waals surface area contributed by atoms with Crippen LogP contribution < -0.4 is 10.4 Å². The number of hydrogen-bond donors (Lipinski definition) is 4. The normalized spacial score (nSPS) is 27.3. The Labute approximate surface area is 136 Å². The lowest BCUT2D eigenvalue weighted by molar-refractivity contribution is -0.230. The highest BCUT2D eigenvalue weighted by Gasteiger charge is 2.37.